The van der Waals surface area contributed by atoms with E-state index in [4.69, 9.17) is 16.7 Å². The average molecular weight is 249 g/mol. The molecule has 1 heterocycles. The van der Waals surface area contributed by atoms with E-state index in [2.05, 4.69) is 10.2 Å². The van der Waals surface area contributed by atoms with Crippen LogP contribution in [-0.4, -0.2) is 21.3 Å². The van der Waals surface area contributed by atoms with Gasteiger partial charge in [0.25, 0.3) is 0 Å². The molecule has 0 fully saturated rings. The lowest BCUT2D eigenvalue weighted by molar-refractivity contribution is 0.0689. The monoisotopic (exact) mass is 248 g/mol. The van der Waals surface area contributed by atoms with E-state index in [1.807, 2.05) is 18.2 Å². The number of halogens is 1. The zero-order valence-corrected chi connectivity index (χ0v) is 9.55. The van der Waals surface area contributed by atoms with Crippen LogP contribution in [0.25, 0.3) is 0 Å². The molecule has 0 unspecified atom stereocenters. The van der Waals surface area contributed by atoms with E-state index in [9.17, 15) is 4.79 Å². The lowest BCUT2D eigenvalue weighted by Crippen LogP contribution is -2.03. The van der Waals surface area contributed by atoms with Gasteiger partial charge in [0.05, 0.1) is 5.69 Å². The molecule has 0 bridgehead atoms. The van der Waals surface area contributed by atoms with Gasteiger partial charge in [0, 0.05) is 11.4 Å². The molecule has 86 valence electrons. The molecule has 0 spiro atoms. The number of hydrogen-bond donors (Lipinski definition) is 1. The molecular formula is C12H9ClN2O2. The second kappa shape index (κ2) is 4.93. The lowest BCUT2D eigenvalue weighted by atomic mass is 10.1. The first-order valence-corrected chi connectivity index (χ1v) is 5.33. The standard InChI is InChI=1S/C12H9ClN2O2/c13-9-3-1-2-8(6-9)7-10-4-5-11(12(16)17)15-14-10/h1-6H,7H2,(H,16,17). The van der Waals surface area contributed by atoms with E-state index in [1.165, 1.54) is 6.07 Å². The molecule has 4 nitrogen and oxygen atoms in total. The van der Waals surface area contributed by atoms with Gasteiger partial charge in [-0.3, -0.25) is 0 Å². The Morgan fingerprint density at radius 3 is 2.65 bits per heavy atom. The third-order valence-corrected chi connectivity index (χ3v) is 2.45. The maximum atomic E-state index is 10.6. The number of nitrogens with zero attached hydrogens (tertiary/aromatic N) is 2. The van der Waals surface area contributed by atoms with E-state index in [0.717, 1.165) is 5.56 Å². The highest BCUT2D eigenvalue weighted by Gasteiger charge is 2.05. The average Bonchev–Trinajstić information content (AvgIpc) is 2.29. The number of hydrogen-bond acceptors (Lipinski definition) is 3. The van der Waals surface area contributed by atoms with Gasteiger partial charge in [-0.15, -0.1) is 5.10 Å². The minimum absolute atomic E-state index is 0.0557. The number of benzene rings is 1. The minimum Gasteiger partial charge on any atom is -0.476 e. The van der Waals surface area contributed by atoms with Crippen LogP contribution in [0.5, 0.6) is 0 Å². The van der Waals surface area contributed by atoms with Crippen LogP contribution in [0.2, 0.25) is 5.02 Å². The fraction of sp³-hybridized carbons (Fsp3) is 0.0833. The summed E-state index contributed by atoms with van der Waals surface area (Å²) in [6, 6.07) is 10.5. The molecule has 0 aliphatic carbocycles. The van der Waals surface area contributed by atoms with Crippen molar-refractivity contribution in [3.05, 3.63) is 58.4 Å². The van der Waals surface area contributed by atoms with Gasteiger partial charge in [0.1, 0.15) is 0 Å². The first-order chi connectivity index (χ1) is 8.15. The van der Waals surface area contributed by atoms with Crippen LogP contribution in [0.4, 0.5) is 0 Å². The van der Waals surface area contributed by atoms with Crippen LogP contribution in [0, 0.1) is 0 Å². The van der Waals surface area contributed by atoms with Gasteiger partial charge >= 0.3 is 5.97 Å². The quantitative estimate of drug-likeness (QED) is 0.906. The van der Waals surface area contributed by atoms with Gasteiger partial charge in [0.2, 0.25) is 0 Å². The molecule has 0 aliphatic heterocycles. The Labute approximate surface area is 103 Å². The van der Waals surface area contributed by atoms with Crippen molar-refractivity contribution < 1.29 is 9.90 Å². The maximum absolute atomic E-state index is 10.6. The summed E-state index contributed by atoms with van der Waals surface area (Å²) < 4.78 is 0. The second-order valence-electron chi connectivity index (χ2n) is 3.52. The number of aromatic nitrogens is 2. The van der Waals surface area contributed by atoms with E-state index >= 15 is 0 Å². The molecule has 17 heavy (non-hydrogen) atoms. The van der Waals surface area contributed by atoms with Crippen molar-refractivity contribution in [2.45, 2.75) is 6.42 Å². The summed E-state index contributed by atoms with van der Waals surface area (Å²) in [6.45, 7) is 0. The number of aromatic carboxylic acids is 1. The molecule has 1 N–H and O–H groups in total. The smallest absolute Gasteiger partial charge is 0.356 e. The summed E-state index contributed by atoms with van der Waals surface area (Å²) in [6.07, 6.45) is 0.577. The molecular weight excluding hydrogens is 240 g/mol. The largest absolute Gasteiger partial charge is 0.476 e. The van der Waals surface area contributed by atoms with Crippen molar-refractivity contribution >= 4 is 17.6 Å². The summed E-state index contributed by atoms with van der Waals surface area (Å²) in [5, 5.41) is 16.8. The topological polar surface area (TPSA) is 63.1 Å². The van der Waals surface area contributed by atoms with Gasteiger partial charge in [-0.05, 0) is 29.8 Å². The van der Waals surface area contributed by atoms with Crippen LogP contribution < -0.4 is 0 Å². The van der Waals surface area contributed by atoms with Crippen LogP contribution in [0.3, 0.4) is 0 Å². The first kappa shape index (κ1) is 11.5. The Kier molecular flexibility index (Phi) is 3.35. The molecule has 2 aromatic rings. The SMILES string of the molecule is O=C(O)c1ccc(Cc2cccc(Cl)c2)nn1. The van der Waals surface area contributed by atoms with Gasteiger partial charge in [-0.25, -0.2) is 4.79 Å². The van der Waals surface area contributed by atoms with Gasteiger partial charge in [-0.1, -0.05) is 23.7 Å². The summed E-state index contributed by atoms with van der Waals surface area (Å²) in [7, 11) is 0. The van der Waals surface area contributed by atoms with Gasteiger partial charge in [0.15, 0.2) is 5.69 Å². The van der Waals surface area contributed by atoms with E-state index in [0.29, 0.717) is 17.1 Å². The number of carboxylic acids is 1. The maximum Gasteiger partial charge on any atom is 0.356 e. The normalized spacial score (nSPS) is 10.2. The highest BCUT2D eigenvalue weighted by atomic mass is 35.5. The molecule has 0 radical (unpaired) electrons. The predicted molar refractivity (Wildman–Crippen MR) is 63.2 cm³/mol. The minimum atomic E-state index is -1.08. The van der Waals surface area contributed by atoms with Gasteiger partial charge < -0.3 is 5.11 Å². The van der Waals surface area contributed by atoms with Crippen molar-refractivity contribution in [2.24, 2.45) is 0 Å². The van der Waals surface area contributed by atoms with E-state index < -0.39 is 5.97 Å². The van der Waals surface area contributed by atoms with Crippen molar-refractivity contribution in [1.82, 2.24) is 10.2 Å². The van der Waals surface area contributed by atoms with Crippen molar-refractivity contribution in [1.29, 1.82) is 0 Å². The number of carbonyl (C=O) groups is 1. The van der Waals surface area contributed by atoms with Crippen LogP contribution in [0.15, 0.2) is 36.4 Å². The molecule has 2 rings (SSSR count). The summed E-state index contributed by atoms with van der Waals surface area (Å²) in [4.78, 5) is 10.6. The van der Waals surface area contributed by atoms with E-state index in [-0.39, 0.29) is 5.69 Å². The highest BCUT2D eigenvalue weighted by molar-refractivity contribution is 6.30. The van der Waals surface area contributed by atoms with Crippen LogP contribution >= 0.6 is 11.6 Å². The predicted octanol–water partition coefficient (Wildman–Crippen LogP) is 2.42. The van der Waals surface area contributed by atoms with Crippen molar-refractivity contribution in [3.63, 3.8) is 0 Å². The highest BCUT2D eigenvalue weighted by Crippen LogP contribution is 2.13. The Bertz CT molecular complexity index is 540. The molecule has 0 atom stereocenters. The fourth-order valence-corrected chi connectivity index (χ4v) is 1.64. The summed E-state index contributed by atoms with van der Waals surface area (Å²) in [5.74, 6) is -1.08. The lowest BCUT2D eigenvalue weighted by Gasteiger charge is -2.01. The zero-order valence-electron chi connectivity index (χ0n) is 8.80. The molecule has 1 aromatic heterocycles. The van der Waals surface area contributed by atoms with Crippen molar-refractivity contribution in [3.8, 4) is 0 Å². The zero-order chi connectivity index (χ0) is 12.3. The van der Waals surface area contributed by atoms with Crippen LogP contribution in [0.1, 0.15) is 21.7 Å². The second-order valence-corrected chi connectivity index (χ2v) is 3.96. The Hall–Kier alpha value is -1.94. The Morgan fingerprint density at radius 2 is 2.06 bits per heavy atom. The van der Waals surface area contributed by atoms with Gasteiger partial charge in [-0.2, -0.15) is 5.10 Å². The third-order valence-electron chi connectivity index (χ3n) is 2.21. The number of carboxylic acid groups (broad SMARTS) is 1. The van der Waals surface area contributed by atoms with Crippen LogP contribution in [-0.2, 0) is 6.42 Å². The number of rotatable bonds is 3. The summed E-state index contributed by atoms with van der Waals surface area (Å²) in [5.41, 5.74) is 1.66. The molecule has 0 aliphatic rings. The fourth-order valence-electron chi connectivity index (χ4n) is 1.42. The molecule has 0 amide bonds. The third kappa shape index (κ3) is 3.01. The molecule has 1 aromatic carbocycles. The van der Waals surface area contributed by atoms with E-state index in [1.54, 1.807) is 12.1 Å². The first-order valence-electron chi connectivity index (χ1n) is 4.95. The summed E-state index contributed by atoms with van der Waals surface area (Å²) >= 11 is 5.86. The molecule has 5 heteroatoms. The van der Waals surface area contributed by atoms with Crippen molar-refractivity contribution in [2.75, 3.05) is 0 Å². The molecule has 0 saturated heterocycles. The molecule has 0 saturated carbocycles. The Morgan fingerprint density at radius 1 is 1.24 bits per heavy atom. The Balaban J connectivity index is 2.16.